The molecular formula is C9H12BrN5S. The second kappa shape index (κ2) is 4.37. The van der Waals surface area contributed by atoms with Gasteiger partial charge in [-0.15, -0.1) is 10.2 Å². The van der Waals surface area contributed by atoms with Crippen LogP contribution in [0, 0.1) is 0 Å². The summed E-state index contributed by atoms with van der Waals surface area (Å²) in [5.74, 6) is 1.04. The molecule has 0 radical (unpaired) electrons. The van der Waals surface area contributed by atoms with Crippen molar-refractivity contribution < 1.29 is 0 Å². The fourth-order valence-corrected chi connectivity index (χ4v) is 3.45. The van der Waals surface area contributed by atoms with Gasteiger partial charge >= 0.3 is 0 Å². The molecule has 2 aliphatic heterocycles. The summed E-state index contributed by atoms with van der Waals surface area (Å²) in [5, 5.41) is 10.8. The molecule has 0 bridgehead atoms. The van der Waals surface area contributed by atoms with Crippen molar-refractivity contribution in [3.05, 3.63) is 12.2 Å². The maximum Gasteiger partial charge on any atom is 0.160 e. The topological polar surface area (TPSA) is 46.3 Å². The smallest absolute Gasteiger partial charge is 0.160 e. The van der Waals surface area contributed by atoms with Crippen molar-refractivity contribution in [2.75, 3.05) is 18.4 Å². The van der Waals surface area contributed by atoms with Gasteiger partial charge in [0.15, 0.2) is 11.0 Å². The Kier molecular flexibility index (Phi) is 2.89. The van der Waals surface area contributed by atoms with Crippen LogP contribution in [-0.4, -0.2) is 48.5 Å². The standard InChI is InChI=1S/C9H12BrN5S/c10-3-7-4-11-9(16-7)14-1-2-15-6-12-13-8(15)5-14/h6-7H,1-5H2. The highest BCUT2D eigenvalue weighted by Gasteiger charge is 2.26. The first-order valence-corrected chi connectivity index (χ1v) is 7.25. The molecule has 0 saturated heterocycles. The molecule has 1 aromatic rings. The Labute approximate surface area is 106 Å². The molecule has 3 heterocycles. The van der Waals surface area contributed by atoms with Crippen molar-refractivity contribution >= 4 is 32.9 Å². The molecule has 0 fully saturated rings. The van der Waals surface area contributed by atoms with Gasteiger partial charge in [-0.05, 0) is 0 Å². The van der Waals surface area contributed by atoms with Gasteiger partial charge in [-0.25, -0.2) is 0 Å². The summed E-state index contributed by atoms with van der Waals surface area (Å²) in [6.07, 6.45) is 1.80. The molecule has 0 saturated carbocycles. The van der Waals surface area contributed by atoms with E-state index in [4.69, 9.17) is 0 Å². The predicted octanol–water partition coefficient (Wildman–Crippen LogP) is 0.960. The monoisotopic (exact) mass is 301 g/mol. The predicted molar refractivity (Wildman–Crippen MR) is 67.9 cm³/mol. The highest BCUT2D eigenvalue weighted by Crippen LogP contribution is 2.26. The molecular weight excluding hydrogens is 290 g/mol. The van der Waals surface area contributed by atoms with Crippen LogP contribution in [0.2, 0.25) is 0 Å². The van der Waals surface area contributed by atoms with Gasteiger partial charge in [-0.2, -0.15) is 0 Å². The Morgan fingerprint density at radius 1 is 1.50 bits per heavy atom. The zero-order valence-electron chi connectivity index (χ0n) is 8.71. The van der Waals surface area contributed by atoms with Crippen LogP contribution in [0.4, 0.5) is 0 Å². The number of rotatable bonds is 1. The van der Waals surface area contributed by atoms with Gasteiger partial charge in [0.05, 0.1) is 13.1 Å². The first kappa shape index (κ1) is 10.6. The molecule has 0 aliphatic carbocycles. The van der Waals surface area contributed by atoms with E-state index in [1.807, 2.05) is 11.8 Å². The number of thioether (sulfide) groups is 1. The number of nitrogens with zero attached hydrogens (tertiary/aromatic N) is 5. The summed E-state index contributed by atoms with van der Waals surface area (Å²) >= 11 is 5.37. The zero-order chi connectivity index (χ0) is 11.0. The van der Waals surface area contributed by atoms with Crippen molar-refractivity contribution in [2.24, 2.45) is 4.99 Å². The van der Waals surface area contributed by atoms with Crippen LogP contribution < -0.4 is 0 Å². The van der Waals surface area contributed by atoms with E-state index in [9.17, 15) is 0 Å². The van der Waals surface area contributed by atoms with Gasteiger partial charge in [0.1, 0.15) is 6.33 Å². The molecule has 5 nitrogen and oxygen atoms in total. The molecule has 2 aliphatic rings. The zero-order valence-corrected chi connectivity index (χ0v) is 11.1. The molecule has 3 rings (SSSR count). The second-order valence-corrected chi connectivity index (χ2v) is 5.79. The van der Waals surface area contributed by atoms with Gasteiger partial charge in [0.25, 0.3) is 0 Å². The van der Waals surface area contributed by atoms with Gasteiger partial charge in [-0.1, -0.05) is 27.7 Å². The van der Waals surface area contributed by atoms with Crippen LogP contribution in [0.5, 0.6) is 0 Å². The van der Waals surface area contributed by atoms with E-state index < -0.39 is 0 Å². The van der Waals surface area contributed by atoms with Crippen LogP contribution in [0.15, 0.2) is 11.3 Å². The number of alkyl halides is 1. The highest BCUT2D eigenvalue weighted by atomic mass is 79.9. The van der Waals surface area contributed by atoms with Crippen molar-refractivity contribution in [3.8, 4) is 0 Å². The second-order valence-electron chi connectivity index (χ2n) is 3.88. The molecule has 86 valence electrons. The molecule has 1 atom stereocenters. The largest absolute Gasteiger partial charge is 0.342 e. The molecule has 7 heteroatoms. The van der Waals surface area contributed by atoms with E-state index in [2.05, 4.69) is 40.6 Å². The van der Waals surface area contributed by atoms with Crippen molar-refractivity contribution in [1.82, 2.24) is 19.7 Å². The van der Waals surface area contributed by atoms with Gasteiger partial charge < -0.3 is 9.47 Å². The van der Waals surface area contributed by atoms with Gasteiger partial charge in [0.2, 0.25) is 0 Å². The summed E-state index contributed by atoms with van der Waals surface area (Å²) in [6, 6.07) is 0. The maximum atomic E-state index is 4.59. The van der Waals surface area contributed by atoms with Crippen molar-refractivity contribution in [3.63, 3.8) is 0 Å². The molecule has 0 spiro atoms. The lowest BCUT2D eigenvalue weighted by Gasteiger charge is -2.28. The Morgan fingerprint density at radius 3 is 3.25 bits per heavy atom. The van der Waals surface area contributed by atoms with Crippen LogP contribution in [0.25, 0.3) is 0 Å². The lowest BCUT2D eigenvalue weighted by atomic mass is 10.4. The molecule has 16 heavy (non-hydrogen) atoms. The van der Waals surface area contributed by atoms with Crippen molar-refractivity contribution in [2.45, 2.75) is 18.3 Å². The number of hydrogen-bond donors (Lipinski definition) is 0. The Bertz CT molecular complexity index is 418. The SMILES string of the molecule is BrCC1CN=C(N2CCn3cnnc3C2)S1. The normalized spacial score (nSPS) is 24.4. The number of hydrogen-bond acceptors (Lipinski definition) is 5. The highest BCUT2D eigenvalue weighted by molar-refractivity contribution is 9.09. The van der Waals surface area contributed by atoms with E-state index in [0.29, 0.717) is 5.25 Å². The average molecular weight is 302 g/mol. The molecule has 0 amide bonds. The number of aromatic nitrogens is 3. The third-order valence-electron chi connectivity index (χ3n) is 2.78. The summed E-state index contributed by atoms with van der Waals surface area (Å²) in [6.45, 7) is 3.72. The fraction of sp³-hybridized carbons (Fsp3) is 0.667. The summed E-state index contributed by atoms with van der Waals surface area (Å²) < 4.78 is 2.11. The van der Waals surface area contributed by atoms with Crippen LogP contribution in [0.1, 0.15) is 5.82 Å². The first-order valence-electron chi connectivity index (χ1n) is 5.25. The molecule has 0 aromatic carbocycles. The number of fused-ring (bicyclic) bond motifs is 1. The van der Waals surface area contributed by atoms with Crippen molar-refractivity contribution in [1.29, 1.82) is 0 Å². The fourth-order valence-electron chi connectivity index (χ4n) is 1.89. The van der Waals surface area contributed by atoms with E-state index in [0.717, 1.165) is 37.3 Å². The molecule has 1 unspecified atom stereocenters. The Morgan fingerprint density at radius 2 is 2.44 bits per heavy atom. The lowest BCUT2D eigenvalue weighted by molar-refractivity contribution is 0.335. The number of aliphatic imine (C=N–C) groups is 1. The minimum absolute atomic E-state index is 0.592. The van der Waals surface area contributed by atoms with Crippen LogP contribution in [0.3, 0.4) is 0 Å². The number of amidine groups is 1. The van der Waals surface area contributed by atoms with E-state index >= 15 is 0 Å². The molecule has 0 N–H and O–H groups in total. The third kappa shape index (κ3) is 1.86. The average Bonchev–Trinajstić information content (AvgIpc) is 2.96. The molecule has 1 aromatic heterocycles. The third-order valence-corrected chi connectivity index (χ3v) is 5.24. The van der Waals surface area contributed by atoms with Crippen LogP contribution >= 0.6 is 27.7 Å². The summed E-state index contributed by atoms with van der Waals surface area (Å²) in [5.41, 5.74) is 0. The minimum Gasteiger partial charge on any atom is -0.342 e. The summed E-state index contributed by atoms with van der Waals surface area (Å²) in [7, 11) is 0. The van der Waals surface area contributed by atoms with Gasteiger partial charge in [0, 0.05) is 23.7 Å². The lowest BCUT2D eigenvalue weighted by Crippen LogP contribution is -2.36. The quantitative estimate of drug-likeness (QED) is 0.725. The van der Waals surface area contributed by atoms with E-state index in [-0.39, 0.29) is 0 Å². The van der Waals surface area contributed by atoms with E-state index in [1.54, 1.807) is 6.33 Å². The Hall–Kier alpha value is -0.560. The first-order chi connectivity index (χ1) is 7.86. The Balaban J connectivity index is 1.70. The van der Waals surface area contributed by atoms with Gasteiger partial charge in [-0.3, -0.25) is 4.99 Å². The minimum atomic E-state index is 0.592. The van der Waals surface area contributed by atoms with E-state index in [1.165, 1.54) is 5.17 Å². The maximum absolute atomic E-state index is 4.59. The summed E-state index contributed by atoms with van der Waals surface area (Å²) in [4.78, 5) is 6.89. The van der Waals surface area contributed by atoms with Crippen LogP contribution in [-0.2, 0) is 13.1 Å². The number of halogens is 1.